The first-order valence-corrected chi connectivity index (χ1v) is 8.70. The number of hydrogen-bond donors (Lipinski definition) is 1. The Morgan fingerprint density at radius 3 is 2.43 bits per heavy atom. The van der Waals surface area contributed by atoms with Crippen molar-refractivity contribution < 1.29 is 0 Å². The summed E-state index contributed by atoms with van der Waals surface area (Å²) in [6.07, 6.45) is 8.32. The van der Waals surface area contributed by atoms with Gasteiger partial charge in [-0.15, -0.1) is 0 Å². The SMILES string of the molecule is CC(C)CNCc1ccccc1N(C)C1CCCCCC1. The maximum atomic E-state index is 3.58. The van der Waals surface area contributed by atoms with Crippen molar-refractivity contribution in [1.29, 1.82) is 0 Å². The molecule has 0 heterocycles. The lowest BCUT2D eigenvalue weighted by Crippen LogP contribution is -2.32. The lowest BCUT2D eigenvalue weighted by Gasteiger charge is -2.31. The molecule has 21 heavy (non-hydrogen) atoms. The second kappa shape index (κ2) is 8.43. The van der Waals surface area contributed by atoms with Gasteiger partial charge in [0.25, 0.3) is 0 Å². The van der Waals surface area contributed by atoms with Crippen LogP contribution in [0.2, 0.25) is 0 Å². The molecule has 2 rings (SSSR count). The minimum Gasteiger partial charge on any atom is -0.371 e. The fraction of sp³-hybridized carbons (Fsp3) is 0.684. The van der Waals surface area contributed by atoms with Gasteiger partial charge in [-0.2, -0.15) is 0 Å². The number of benzene rings is 1. The van der Waals surface area contributed by atoms with Gasteiger partial charge in [0.05, 0.1) is 0 Å². The molecular weight excluding hydrogens is 256 g/mol. The van der Waals surface area contributed by atoms with Crippen molar-refractivity contribution in [3.8, 4) is 0 Å². The van der Waals surface area contributed by atoms with E-state index >= 15 is 0 Å². The van der Waals surface area contributed by atoms with Crippen LogP contribution in [-0.4, -0.2) is 19.6 Å². The van der Waals surface area contributed by atoms with Crippen LogP contribution in [0, 0.1) is 5.92 Å². The van der Waals surface area contributed by atoms with Crippen LogP contribution in [0.25, 0.3) is 0 Å². The maximum Gasteiger partial charge on any atom is 0.0411 e. The van der Waals surface area contributed by atoms with Gasteiger partial charge < -0.3 is 10.2 Å². The molecule has 0 spiro atoms. The molecule has 1 fully saturated rings. The Kier molecular flexibility index (Phi) is 6.56. The van der Waals surface area contributed by atoms with E-state index in [9.17, 15) is 0 Å². The van der Waals surface area contributed by atoms with E-state index in [1.165, 1.54) is 49.8 Å². The number of anilines is 1. The predicted molar refractivity (Wildman–Crippen MR) is 92.9 cm³/mol. The summed E-state index contributed by atoms with van der Waals surface area (Å²) in [7, 11) is 2.29. The van der Waals surface area contributed by atoms with Gasteiger partial charge in [-0.3, -0.25) is 0 Å². The Balaban J connectivity index is 2.03. The Bertz CT molecular complexity index is 406. The van der Waals surface area contributed by atoms with Crippen LogP contribution < -0.4 is 10.2 Å². The first kappa shape index (κ1) is 16.4. The average molecular weight is 288 g/mol. The molecule has 0 amide bonds. The summed E-state index contributed by atoms with van der Waals surface area (Å²) in [5, 5.41) is 3.58. The van der Waals surface area contributed by atoms with Gasteiger partial charge in [0.1, 0.15) is 0 Å². The summed E-state index contributed by atoms with van der Waals surface area (Å²) in [5.41, 5.74) is 2.85. The Morgan fingerprint density at radius 2 is 1.76 bits per heavy atom. The molecule has 0 unspecified atom stereocenters. The first-order chi connectivity index (χ1) is 10.2. The van der Waals surface area contributed by atoms with E-state index in [2.05, 4.69) is 55.4 Å². The molecule has 0 saturated heterocycles. The second-order valence-corrected chi connectivity index (χ2v) is 6.91. The molecule has 2 nitrogen and oxygen atoms in total. The fourth-order valence-corrected chi connectivity index (χ4v) is 3.34. The number of para-hydroxylation sites is 1. The number of nitrogens with one attached hydrogen (secondary N) is 1. The van der Waals surface area contributed by atoms with Crippen molar-refractivity contribution in [1.82, 2.24) is 5.32 Å². The van der Waals surface area contributed by atoms with Crippen molar-refractivity contribution in [2.75, 3.05) is 18.5 Å². The maximum absolute atomic E-state index is 3.58. The number of nitrogens with zero attached hydrogens (tertiary/aromatic N) is 1. The van der Waals surface area contributed by atoms with Gasteiger partial charge in [-0.1, -0.05) is 57.7 Å². The quantitative estimate of drug-likeness (QED) is 0.770. The standard InChI is InChI=1S/C19H32N2/c1-16(2)14-20-15-17-10-8-9-13-19(17)21(3)18-11-6-4-5-7-12-18/h8-10,13,16,18,20H,4-7,11-12,14-15H2,1-3H3. The molecule has 1 aliphatic carbocycles. The highest BCUT2D eigenvalue weighted by Gasteiger charge is 2.18. The molecule has 1 aromatic rings. The highest BCUT2D eigenvalue weighted by Crippen LogP contribution is 2.27. The smallest absolute Gasteiger partial charge is 0.0411 e. The van der Waals surface area contributed by atoms with E-state index in [0.717, 1.165) is 19.1 Å². The van der Waals surface area contributed by atoms with Gasteiger partial charge in [-0.05, 0) is 36.9 Å². The highest BCUT2D eigenvalue weighted by molar-refractivity contribution is 5.53. The van der Waals surface area contributed by atoms with Crippen molar-refractivity contribution in [3.05, 3.63) is 29.8 Å². The Hall–Kier alpha value is -1.02. The predicted octanol–water partition coefficient (Wildman–Crippen LogP) is 4.59. The molecule has 1 saturated carbocycles. The third-order valence-electron chi connectivity index (χ3n) is 4.61. The summed E-state index contributed by atoms with van der Waals surface area (Å²) in [6, 6.07) is 9.62. The molecule has 1 N–H and O–H groups in total. The van der Waals surface area contributed by atoms with E-state index in [4.69, 9.17) is 0 Å². The van der Waals surface area contributed by atoms with E-state index in [1.54, 1.807) is 0 Å². The fourth-order valence-electron chi connectivity index (χ4n) is 3.34. The third kappa shape index (κ3) is 5.03. The molecule has 0 aromatic heterocycles. The minimum absolute atomic E-state index is 0.705. The lowest BCUT2D eigenvalue weighted by atomic mass is 10.0. The average Bonchev–Trinajstić information content (AvgIpc) is 2.76. The van der Waals surface area contributed by atoms with Crippen molar-refractivity contribution in [2.45, 2.75) is 65.0 Å². The number of hydrogen-bond acceptors (Lipinski definition) is 2. The molecule has 1 aliphatic rings. The van der Waals surface area contributed by atoms with Crippen LogP contribution in [0.1, 0.15) is 57.9 Å². The van der Waals surface area contributed by atoms with Crippen molar-refractivity contribution in [2.24, 2.45) is 5.92 Å². The van der Waals surface area contributed by atoms with Crippen LogP contribution in [0.4, 0.5) is 5.69 Å². The minimum atomic E-state index is 0.705. The van der Waals surface area contributed by atoms with E-state index < -0.39 is 0 Å². The van der Waals surface area contributed by atoms with Crippen LogP contribution in [0.15, 0.2) is 24.3 Å². The molecule has 0 atom stereocenters. The Labute approximate surface area is 130 Å². The Morgan fingerprint density at radius 1 is 1.10 bits per heavy atom. The van der Waals surface area contributed by atoms with Crippen LogP contribution in [-0.2, 0) is 6.54 Å². The molecule has 2 heteroatoms. The summed E-state index contributed by atoms with van der Waals surface area (Å²) in [5.74, 6) is 0.705. The normalized spacial score (nSPS) is 17.0. The zero-order valence-corrected chi connectivity index (χ0v) is 14.1. The van der Waals surface area contributed by atoms with E-state index in [0.29, 0.717) is 5.92 Å². The van der Waals surface area contributed by atoms with Gasteiger partial charge in [-0.25, -0.2) is 0 Å². The monoisotopic (exact) mass is 288 g/mol. The molecule has 0 radical (unpaired) electrons. The summed E-state index contributed by atoms with van der Waals surface area (Å²) < 4.78 is 0. The van der Waals surface area contributed by atoms with E-state index in [-0.39, 0.29) is 0 Å². The summed E-state index contributed by atoms with van der Waals surface area (Å²) in [6.45, 7) is 6.58. The molecule has 118 valence electrons. The van der Waals surface area contributed by atoms with Crippen molar-refractivity contribution >= 4 is 5.69 Å². The highest BCUT2D eigenvalue weighted by atomic mass is 15.1. The van der Waals surface area contributed by atoms with Crippen LogP contribution in [0.5, 0.6) is 0 Å². The third-order valence-corrected chi connectivity index (χ3v) is 4.61. The molecule has 0 bridgehead atoms. The van der Waals surface area contributed by atoms with Crippen LogP contribution in [0.3, 0.4) is 0 Å². The molecule has 0 aliphatic heterocycles. The second-order valence-electron chi connectivity index (χ2n) is 6.91. The lowest BCUT2D eigenvalue weighted by molar-refractivity contribution is 0.540. The van der Waals surface area contributed by atoms with Gasteiger partial charge in [0.15, 0.2) is 0 Å². The summed E-state index contributed by atoms with van der Waals surface area (Å²) in [4.78, 5) is 2.54. The molecule has 1 aromatic carbocycles. The zero-order valence-electron chi connectivity index (χ0n) is 14.1. The number of rotatable bonds is 6. The first-order valence-electron chi connectivity index (χ1n) is 8.70. The largest absolute Gasteiger partial charge is 0.371 e. The zero-order chi connectivity index (χ0) is 15.1. The molecular formula is C19H32N2. The topological polar surface area (TPSA) is 15.3 Å². The van der Waals surface area contributed by atoms with Gasteiger partial charge in [0.2, 0.25) is 0 Å². The van der Waals surface area contributed by atoms with E-state index in [1.807, 2.05) is 0 Å². The van der Waals surface area contributed by atoms with Gasteiger partial charge >= 0.3 is 0 Å². The summed E-state index contributed by atoms with van der Waals surface area (Å²) >= 11 is 0. The van der Waals surface area contributed by atoms with Crippen molar-refractivity contribution in [3.63, 3.8) is 0 Å². The van der Waals surface area contributed by atoms with Gasteiger partial charge in [0, 0.05) is 25.3 Å². The van der Waals surface area contributed by atoms with Crippen LogP contribution >= 0.6 is 0 Å².